The van der Waals surface area contributed by atoms with E-state index < -0.39 is 0 Å². The van der Waals surface area contributed by atoms with Crippen LogP contribution < -0.4 is 0 Å². The number of aromatic nitrogens is 2. The molecule has 0 radical (unpaired) electrons. The van der Waals surface area contributed by atoms with Gasteiger partial charge in [-0.25, -0.2) is 9.97 Å². The second-order valence-electron chi connectivity index (χ2n) is 4.13. The molecular weight excluding hydrogens is 214 g/mol. The molecule has 0 aliphatic heterocycles. The van der Waals surface area contributed by atoms with Crippen molar-refractivity contribution in [2.45, 2.75) is 39.5 Å². The normalized spacial score (nSPS) is 10.2. The number of aryl methyl sites for hydroxylation is 1. The minimum absolute atomic E-state index is 0.234. The van der Waals surface area contributed by atoms with Crippen LogP contribution in [0.15, 0.2) is 18.7 Å². The van der Waals surface area contributed by atoms with Gasteiger partial charge in [0.1, 0.15) is 6.33 Å². The maximum Gasteiger partial charge on any atom is 0.222 e. The molecule has 1 aromatic rings. The molecule has 17 heavy (non-hydrogen) atoms. The summed E-state index contributed by atoms with van der Waals surface area (Å²) >= 11 is 0. The summed E-state index contributed by atoms with van der Waals surface area (Å²) in [7, 11) is 0. The third-order valence-corrected chi connectivity index (χ3v) is 2.58. The van der Waals surface area contributed by atoms with E-state index in [1.807, 2.05) is 4.90 Å². The summed E-state index contributed by atoms with van der Waals surface area (Å²) < 4.78 is 0. The first-order chi connectivity index (χ1) is 8.27. The Balaban J connectivity index is 2.41. The molecule has 0 atom stereocenters. The molecule has 0 N–H and O–H groups in total. The summed E-state index contributed by atoms with van der Waals surface area (Å²) in [4.78, 5) is 21.8. The third kappa shape index (κ3) is 4.93. The van der Waals surface area contributed by atoms with Crippen LogP contribution in [0.5, 0.6) is 0 Å². The fourth-order valence-electron chi connectivity index (χ4n) is 1.77. The van der Waals surface area contributed by atoms with Gasteiger partial charge in [0.25, 0.3) is 0 Å². The van der Waals surface area contributed by atoms with Crippen molar-refractivity contribution in [2.24, 2.45) is 0 Å². The molecule has 0 saturated carbocycles. The van der Waals surface area contributed by atoms with E-state index in [9.17, 15) is 4.79 Å². The molecule has 0 aliphatic carbocycles. The van der Waals surface area contributed by atoms with Gasteiger partial charge in [-0.2, -0.15) is 0 Å². The molecule has 94 valence electrons. The van der Waals surface area contributed by atoms with Crippen molar-refractivity contribution in [3.8, 4) is 0 Å². The Morgan fingerprint density at radius 2 is 1.76 bits per heavy atom. The minimum Gasteiger partial charge on any atom is -0.343 e. The summed E-state index contributed by atoms with van der Waals surface area (Å²) in [5, 5.41) is 0. The summed E-state index contributed by atoms with van der Waals surface area (Å²) in [6, 6.07) is 0. The summed E-state index contributed by atoms with van der Waals surface area (Å²) in [6.45, 7) is 5.91. The van der Waals surface area contributed by atoms with E-state index in [2.05, 4.69) is 23.8 Å². The Kier molecular flexibility index (Phi) is 6.22. The number of amides is 1. The Bertz CT molecular complexity index is 321. The van der Waals surface area contributed by atoms with Crippen molar-refractivity contribution >= 4 is 5.91 Å². The van der Waals surface area contributed by atoms with Gasteiger partial charge in [-0.05, 0) is 24.8 Å². The van der Waals surface area contributed by atoms with Crippen molar-refractivity contribution in [1.82, 2.24) is 14.9 Å². The monoisotopic (exact) mass is 235 g/mol. The second kappa shape index (κ2) is 7.76. The van der Waals surface area contributed by atoms with Gasteiger partial charge in [0.15, 0.2) is 0 Å². The van der Waals surface area contributed by atoms with E-state index in [-0.39, 0.29) is 5.91 Å². The SMILES string of the molecule is CCCN(CCC)C(=O)CCc1cncnc1. The lowest BCUT2D eigenvalue weighted by molar-refractivity contribution is -0.131. The number of carbonyl (C=O) groups is 1. The van der Waals surface area contributed by atoms with Crippen LogP contribution in [0.1, 0.15) is 38.7 Å². The Morgan fingerprint density at radius 3 is 2.29 bits per heavy atom. The van der Waals surface area contributed by atoms with Gasteiger partial charge in [0.2, 0.25) is 5.91 Å². The van der Waals surface area contributed by atoms with Gasteiger partial charge < -0.3 is 4.90 Å². The molecule has 0 saturated heterocycles. The fourth-order valence-corrected chi connectivity index (χ4v) is 1.77. The first-order valence-corrected chi connectivity index (χ1v) is 6.29. The predicted octanol–water partition coefficient (Wildman–Crippen LogP) is 2.06. The number of hydrogen-bond donors (Lipinski definition) is 0. The molecular formula is C13H21N3O. The molecule has 0 unspecified atom stereocenters. The second-order valence-corrected chi connectivity index (χ2v) is 4.13. The van der Waals surface area contributed by atoms with Crippen LogP contribution in [0.2, 0.25) is 0 Å². The number of hydrogen-bond acceptors (Lipinski definition) is 3. The summed E-state index contributed by atoms with van der Waals surface area (Å²) in [5.41, 5.74) is 1.02. The Morgan fingerprint density at radius 1 is 1.18 bits per heavy atom. The molecule has 0 aromatic carbocycles. The molecule has 0 aliphatic rings. The number of carbonyl (C=O) groups excluding carboxylic acids is 1. The van der Waals surface area contributed by atoms with Gasteiger partial charge in [0.05, 0.1) is 0 Å². The fraction of sp³-hybridized carbons (Fsp3) is 0.615. The minimum atomic E-state index is 0.234. The zero-order chi connectivity index (χ0) is 12.5. The van der Waals surface area contributed by atoms with Crippen LogP contribution >= 0.6 is 0 Å². The van der Waals surface area contributed by atoms with Gasteiger partial charge in [0, 0.05) is 31.9 Å². The van der Waals surface area contributed by atoms with E-state index in [0.29, 0.717) is 6.42 Å². The first kappa shape index (κ1) is 13.6. The molecule has 1 heterocycles. The molecule has 1 amide bonds. The van der Waals surface area contributed by atoms with Gasteiger partial charge >= 0.3 is 0 Å². The highest BCUT2D eigenvalue weighted by atomic mass is 16.2. The highest BCUT2D eigenvalue weighted by Gasteiger charge is 2.11. The van der Waals surface area contributed by atoms with Crippen molar-refractivity contribution in [1.29, 1.82) is 0 Å². The third-order valence-electron chi connectivity index (χ3n) is 2.58. The van der Waals surface area contributed by atoms with Crippen molar-refractivity contribution in [3.63, 3.8) is 0 Å². The van der Waals surface area contributed by atoms with Crippen LogP contribution in [0.25, 0.3) is 0 Å². The largest absolute Gasteiger partial charge is 0.343 e. The molecule has 1 rings (SSSR count). The summed E-state index contributed by atoms with van der Waals surface area (Å²) in [6.07, 6.45) is 8.34. The van der Waals surface area contributed by atoms with E-state index in [0.717, 1.165) is 37.9 Å². The van der Waals surface area contributed by atoms with Gasteiger partial charge in [-0.3, -0.25) is 4.79 Å². The summed E-state index contributed by atoms with van der Waals surface area (Å²) in [5.74, 6) is 0.234. The highest BCUT2D eigenvalue weighted by Crippen LogP contribution is 2.04. The van der Waals surface area contributed by atoms with E-state index in [1.54, 1.807) is 12.4 Å². The average Bonchev–Trinajstić information content (AvgIpc) is 2.37. The lowest BCUT2D eigenvalue weighted by Crippen LogP contribution is -2.32. The highest BCUT2D eigenvalue weighted by molar-refractivity contribution is 5.76. The average molecular weight is 235 g/mol. The molecule has 0 spiro atoms. The Hall–Kier alpha value is -1.45. The van der Waals surface area contributed by atoms with Crippen molar-refractivity contribution in [3.05, 3.63) is 24.3 Å². The maximum atomic E-state index is 12.0. The zero-order valence-electron chi connectivity index (χ0n) is 10.7. The van der Waals surface area contributed by atoms with Crippen LogP contribution in [-0.2, 0) is 11.2 Å². The lowest BCUT2D eigenvalue weighted by Gasteiger charge is -2.21. The van der Waals surface area contributed by atoms with Crippen LogP contribution in [0.4, 0.5) is 0 Å². The maximum absolute atomic E-state index is 12.0. The predicted molar refractivity (Wildman–Crippen MR) is 67.5 cm³/mol. The number of nitrogens with zero attached hydrogens (tertiary/aromatic N) is 3. The lowest BCUT2D eigenvalue weighted by atomic mass is 10.1. The standard InChI is InChI=1S/C13H21N3O/c1-3-7-16(8-4-2)13(17)6-5-12-9-14-11-15-10-12/h9-11H,3-8H2,1-2H3. The van der Waals surface area contributed by atoms with E-state index in [1.165, 1.54) is 6.33 Å². The zero-order valence-corrected chi connectivity index (χ0v) is 10.7. The van der Waals surface area contributed by atoms with Crippen LogP contribution in [0, 0.1) is 0 Å². The van der Waals surface area contributed by atoms with Crippen LogP contribution in [-0.4, -0.2) is 33.9 Å². The topological polar surface area (TPSA) is 46.1 Å². The van der Waals surface area contributed by atoms with Gasteiger partial charge in [-0.15, -0.1) is 0 Å². The quantitative estimate of drug-likeness (QED) is 0.726. The van der Waals surface area contributed by atoms with E-state index >= 15 is 0 Å². The molecule has 1 aromatic heterocycles. The van der Waals surface area contributed by atoms with Crippen molar-refractivity contribution in [2.75, 3.05) is 13.1 Å². The molecule has 0 fully saturated rings. The number of rotatable bonds is 7. The first-order valence-electron chi connectivity index (χ1n) is 6.29. The molecule has 4 nitrogen and oxygen atoms in total. The van der Waals surface area contributed by atoms with E-state index in [4.69, 9.17) is 0 Å². The van der Waals surface area contributed by atoms with Gasteiger partial charge in [-0.1, -0.05) is 13.8 Å². The smallest absolute Gasteiger partial charge is 0.222 e. The van der Waals surface area contributed by atoms with Crippen LogP contribution in [0.3, 0.4) is 0 Å². The molecule has 4 heteroatoms. The van der Waals surface area contributed by atoms with Crippen molar-refractivity contribution < 1.29 is 4.79 Å². The molecule has 0 bridgehead atoms. The Labute approximate surface area is 103 Å².